The van der Waals surface area contributed by atoms with Crippen molar-refractivity contribution in [3.63, 3.8) is 0 Å². The first-order valence-electron chi connectivity index (χ1n) is 5.27. The minimum absolute atomic E-state index is 0.0645. The molecule has 0 spiro atoms. The number of hydrogen-bond donors (Lipinski definition) is 2. The molecular weight excluding hydrogens is 288 g/mol. The zero-order valence-corrected chi connectivity index (χ0v) is 11.6. The monoisotopic (exact) mass is 304 g/mol. The van der Waals surface area contributed by atoms with Crippen molar-refractivity contribution in [2.75, 3.05) is 50.7 Å². The summed E-state index contributed by atoms with van der Waals surface area (Å²) < 4.78 is 5.82. The van der Waals surface area contributed by atoms with Gasteiger partial charge in [-0.1, -0.05) is 0 Å². The van der Waals surface area contributed by atoms with Crippen LogP contribution >= 0.6 is 15.9 Å². The maximum atomic E-state index is 9.06. The van der Waals surface area contributed by atoms with Gasteiger partial charge in [-0.05, 0) is 15.9 Å². The topological polar surface area (TPSA) is 70.5 Å². The van der Waals surface area contributed by atoms with Crippen LogP contribution in [0.4, 0.5) is 11.6 Å². The highest BCUT2D eigenvalue weighted by molar-refractivity contribution is 9.10. The van der Waals surface area contributed by atoms with Gasteiger partial charge in [0.1, 0.15) is 22.4 Å². The molecule has 0 aliphatic carbocycles. The Morgan fingerprint density at radius 2 is 2.24 bits per heavy atom. The fourth-order valence-corrected chi connectivity index (χ4v) is 2.05. The molecule has 0 aliphatic heterocycles. The molecule has 0 amide bonds. The van der Waals surface area contributed by atoms with Crippen LogP contribution in [0.15, 0.2) is 10.8 Å². The molecule has 0 saturated heterocycles. The Bertz CT molecular complexity index is 351. The molecule has 1 aromatic heterocycles. The van der Waals surface area contributed by atoms with E-state index < -0.39 is 0 Å². The fourth-order valence-electron chi connectivity index (χ4n) is 1.40. The molecule has 0 atom stereocenters. The summed E-state index contributed by atoms with van der Waals surface area (Å²) in [6, 6.07) is 0. The van der Waals surface area contributed by atoms with E-state index in [9.17, 15) is 0 Å². The van der Waals surface area contributed by atoms with Crippen molar-refractivity contribution in [3.05, 3.63) is 10.8 Å². The quantitative estimate of drug-likeness (QED) is 0.774. The maximum Gasteiger partial charge on any atom is 0.148 e. The van der Waals surface area contributed by atoms with Crippen LogP contribution in [-0.4, -0.2) is 55.5 Å². The van der Waals surface area contributed by atoms with Crippen LogP contribution in [0.5, 0.6) is 0 Å². The lowest BCUT2D eigenvalue weighted by Gasteiger charge is -2.23. The number of aliphatic hydroxyl groups excluding tert-OH is 1. The van der Waals surface area contributed by atoms with E-state index in [0.717, 1.165) is 16.1 Å². The van der Waals surface area contributed by atoms with Crippen molar-refractivity contribution in [2.45, 2.75) is 0 Å². The summed E-state index contributed by atoms with van der Waals surface area (Å²) in [5.41, 5.74) is 0. The summed E-state index contributed by atoms with van der Waals surface area (Å²) in [5, 5.41) is 12.0. The highest BCUT2D eigenvalue weighted by Crippen LogP contribution is 2.28. The number of anilines is 2. The summed E-state index contributed by atoms with van der Waals surface area (Å²) in [5.74, 6) is 1.46. The fraction of sp³-hybridized carbons (Fsp3) is 0.600. The number of aromatic nitrogens is 2. The predicted molar refractivity (Wildman–Crippen MR) is 70.5 cm³/mol. The Morgan fingerprint density at radius 3 is 2.82 bits per heavy atom. The predicted octanol–water partition coefficient (Wildman–Crippen LogP) is 0.726. The lowest BCUT2D eigenvalue weighted by molar-refractivity contribution is 0.202. The van der Waals surface area contributed by atoms with Gasteiger partial charge in [0.15, 0.2) is 0 Å². The van der Waals surface area contributed by atoms with Crippen LogP contribution in [-0.2, 0) is 4.74 Å². The maximum absolute atomic E-state index is 9.06. The number of nitrogens with one attached hydrogen (secondary N) is 1. The average Bonchev–Trinajstić information content (AvgIpc) is 2.35. The summed E-state index contributed by atoms with van der Waals surface area (Å²) in [6.07, 6.45) is 1.49. The van der Waals surface area contributed by atoms with Crippen LogP contribution in [0.3, 0.4) is 0 Å². The molecule has 0 fully saturated rings. The summed E-state index contributed by atoms with van der Waals surface area (Å²) in [6.45, 7) is 1.80. The third-order valence-electron chi connectivity index (χ3n) is 2.24. The molecule has 7 heteroatoms. The minimum atomic E-state index is 0.0645. The van der Waals surface area contributed by atoms with Gasteiger partial charge in [0.2, 0.25) is 0 Å². The first-order chi connectivity index (χ1) is 8.24. The zero-order valence-electron chi connectivity index (χ0n) is 9.98. The van der Waals surface area contributed by atoms with Gasteiger partial charge < -0.3 is 20.1 Å². The van der Waals surface area contributed by atoms with Gasteiger partial charge in [0.05, 0.1) is 13.2 Å². The van der Waals surface area contributed by atoms with E-state index in [2.05, 4.69) is 31.2 Å². The van der Waals surface area contributed by atoms with Crippen LogP contribution < -0.4 is 10.2 Å². The number of aliphatic hydroxyl groups is 1. The minimum Gasteiger partial charge on any atom is -0.395 e. The Hall–Kier alpha value is -0.920. The van der Waals surface area contributed by atoms with Crippen molar-refractivity contribution in [1.29, 1.82) is 0 Å². The molecule has 0 saturated carbocycles. The number of ether oxygens (including phenoxy) is 1. The van der Waals surface area contributed by atoms with E-state index in [1.165, 1.54) is 6.33 Å². The van der Waals surface area contributed by atoms with Gasteiger partial charge in [-0.2, -0.15) is 0 Å². The van der Waals surface area contributed by atoms with Crippen LogP contribution in [0, 0.1) is 0 Å². The van der Waals surface area contributed by atoms with Crippen molar-refractivity contribution in [1.82, 2.24) is 9.97 Å². The van der Waals surface area contributed by atoms with Crippen LogP contribution in [0.25, 0.3) is 0 Å². The van der Waals surface area contributed by atoms with Gasteiger partial charge in [0, 0.05) is 27.2 Å². The second-order valence-corrected chi connectivity index (χ2v) is 4.11. The van der Waals surface area contributed by atoms with Crippen LogP contribution in [0.2, 0.25) is 0 Å². The van der Waals surface area contributed by atoms with Gasteiger partial charge >= 0.3 is 0 Å². The Morgan fingerprint density at radius 1 is 1.47 bits per heavy atom. The van der Waals surface area contributed by atoms with Crippen molar-refractivity contribution < 1.29 is 9.84 Å². The Labute approximate surface area is 109 Å². The molecule has 0 aromatic carbocycles. The molecule has 6 nitrogen and oxygen atoms in total. The summed E-state index contributed by atoms with van der Waals surface area (Å²) in [4.78, 5) is 10.3. The van der Waals surface area contributed by atoms with Crippen LogP contribution in [0.1, 0.15) is 0 Å². The van der Waals surface area contributed by atoms with E-state index in [1.807, 2.05) is 4.90 Å². The molecule has 0 aliphatic rings. The van der Waals surface area contributed by atoms with E-state index in [1.54, 1.807) is 14.2 Å². The standard InChI is InChI=1S/C10H17BrN4O2/c1-12-9-8(11)10(14-7-13-9)15(3-5-16)4-6-17-2/h7,16H,3-6H2,1-2H3,(H,12,13,14). The zero-order chi connectivity index (χ0) is 12.7. The number of halogens is 1. The van der Waals surface area contributed by atoms with E-state index in [0.29, 0.717) is 19.7 Å². The van der Waals surface area contributed by atoms with E-state index >= 15 is 0 Å². The second kappa shape index (κ2) is 7.41. The molecule has 0 unspecified atom stereocenters. The molecule has 1 rings (SSSR count). The molecule has 96 valence electrons. The van der Waals surface area contributed by atoms with Gasteiger partial charge in [-0.25, -0.2) is 9.97 Å². The van der Waals surface area contributed by atoms with Crippen molar-refractivity contribution in [2.24, 2.45) is 0 Å². The first kappa shape index (κ1) is 14.1. The van der Waals surface area contributed by atoms with Crippen molar-refractivity contribution in [3.8, 4) is 0 Å². The normalized spacial score (nSPS) is 10.4. The van der Waals surface area contributed by atoms with Gasteiger partial charge in [-0.3, -0.25) is 0 Å². The number of methoxy groups -OCH3 is 1. The lowest BCUT2D eigenvalue weighted by atomic mass is 10.4. The first-order valence-corrected chi connectivity index (χ1v) is 6.06. The lowest BCUT2D eigenvalue weighted by Crippen LogP contribution is -2.31. The molecule has 0 bridgehead atoms. The molecule has 1 aromatic rings. The number of hydrogen-bond acceptors (Lipinski definition) is 6. The van der Waals surface area contributed by atoms with Crippen molar-refractivity contribution >= 4 is 27.6 Å². The molecule has 17 heavy (non-hydrogen) atoms. The number of rotatable bonds is 7. The smallest absolute Gasteiger partial charge is 0.148 e. The summed E-state index contributed by atoms with van der Waals surface area (Å²) >= 11 is 3.45. The highest BCUT2D eigenvalue weighted by atomic mass is 79.9. The Balaban J connectivity index is 2.92. The van der Waals surface area contributed by atoms with Gasteiger partial charge in [0.25, 0.3) is 0 Å². The third-order valence-corrected chi connectivity index (χ3v) is 2.97. The summed E-state index contributed by atoms with van der Waals surface area (Å²) in [7, 11) is 3.44. The van der Waals surface area contributed by atoms with E-state index in [4.69, 9.17) is 9.84 Å². The highest BCUT2D eigenvalue weighted by Gasteiger charge is 2.14. The largest absolute Gasteiger partial charge is 0.395 e. The van der Waals surface area contributed by atoms with Gasteiger partial charge in [-0.15, -0.1) is 0 Å². The molecule has 2 N–H and O–H groups in total. The number of nitrogens with zero attached hydrogens (tertiary/aromatic N) is 3. The molecule has 1 heterocycles. The SMILES string of the molecule is CNc1ncnc(N(CCO)CCOC)c1Br. The Kier molecular flexibility index (Phi) is 6.17. The van der Waals surface area contributed by atoms with E-state index in [-0.39, 0.29) is 6.61 Å². The molecular formula is C10H17BrN4O2. The third kappa shape index (κ3) is 3.79. The molecule has 0 radical (unpaired) electrons. The average molecular weight is 305 g/mol. The second-order valence-electron chi connectivity index (χ2n) is 3.31.